The molecule has 1 atom stereocenters. The molecule has 0 saturated carbocycles. The van der Waals surface area contributed by atoms with Crippen LogP contribution in [0, 0.1) is 0 Å². The maximum atomic E-state index is 6.18. The summed E-state index contributed by atoms with van der Waals surface area (Å²) < 4.78 is 11.6. The van der Waals surface area contributed by atoms with Gasteiger partial charge in [0.2, 0.25) is 0 Å². The Morgan fingerprint density at radius 3 is 2.90 bits per heavy atom. The monoisotopic (exact) mass is 398 g/mol. The van der Waals surface area contributed by atoms with Crippen molar-refractivity contribution in [1.82, 2.24) is 15.8 Å². The van der Waals surface area contributed by atoms with E-state index in [9.17, 15) is 0 Å². The smallest absolute Gasteiger partial charge is 0.191 e. The third-order valence-electron chi connectivity index (χ3n) is 5.51. The van der Waals surface area contributed by atoms with Gasteiger partial charge >= 0.3 is 0 Å². The molecule has 0 bridgehead atoms. The minimum atomic E-state index is 0.242. The van der Waals surface area contributed by atoms with Crippen LogP contribution in [0.1, 0.15) is 67.4 Å². The standard InChI is InChI=1S/C23H34N4O2/c1-4-20-19(21(5-2)29-27-20)16-26-23(24-3)25-14-9-15-28-22-13-8-11-17-10-6-7-12-18(17)22/h6-7,10,12,22H,4-5,8-9,11,13-16H2,1-3H3,(H2,24,25,26). The van der Waals surface area contributed by atoms with Gasteiger partial charge in [-0.25, -0.2) is 0 Å². The van der Waals surface area contributed by atoms with Gasteiger partial charge in [-0.3, -0.25) is 4.99 Å². The topological polar surface area (TPSA) is 71.7 Å². The fraction of sp³-hybridized carbons (Fsp3) is 0.565. The number of ether oxygens (including phenoxy) is 1. The molecular weight excluding hydrogens is 364 g/mol. The van der Waals surface area contributed by atoms with Gasteiger partial charge in [-0.15, -0.1) is 0 Å². The van der Waals surface area contributed by atoms with Crippen LogP contribution in [0.4, 0.5) is 0 Å². The lowest BCUT2D eigenvalue weighted by atomic mass is 9.89. The molecule has 1 aliphatic carbocycles. The quantitative estimate of drug-likeness (QED) is 0.380. The zero-order valence-corrected chi connectivity index (χ0v) is 18.0. The first kappa shape index (κ1) is 21.4. The first-order valence-corrected chi connectivity index (χ1v) is 10.9. The Morgan fingerprint density at radius 1 is 1.24 bits per heavy atom. The van der Waals surface area contributed by atoms with Crippen molar-refractivity contribution in [1.29, 1.82) is 0 Å². The molecule has 0 radical (unpaired) electrons. The number of fused-ring (bicyclic) bond motifs is 1. The molecule has 6 nitrogen and oxygen atoms in total. The Bertz CT molecular complexity index is 778. The summed E-state index contributed by atoms with van der Waals surface area (Å²) in [4.78, 5) is 4.32. The minimum Gasteiger partial charge on any atom is -0.373 e. The second-order valence-electron chi connectivity index (χ2n) is 7.39. The molecule has 0 saturated heterocycles. The fourth-order valence-corrected chi connectivity index (χ4v) is 3.92. The average Bonchev–Trinajstić information content (AvgIpc) is 3.17. The Labute approximate surface area is 174 Å². The highest BCUT2D eigenvalue weighted by Gasteiger charge is 2.19. The van der Waals surface area contributed by atoms with Gasteiger partial charge in [-0.1, -0.05) is 43.3 Å². The number of aryl methyl sites for hydroxylation is 3. The SMILES string of the molecule is CCc1noc(CC)c1CNC(=NC)NCCCOC1CCCc2ccccc21. The van der Waals surface area contributed by atoms with Gasteiger partial charge in [0.15, 0.2) is 5.96 Å². The van der Waals surface area contributed by atoms with E-state index < -0.39 is 0 Å². The van der Waals surface area contributed by atoms with Crippen molar-refractivity contribution in [2.24, 2.45) is 4.99 Å². The van der Waals surface area contributed by atoms with E-state index in [1.54, 1.807) is 7.05 Å². The number of benzene rings is 1. The van der Waals surface area contributed by atoms with Gasteiger partial charge in [0, 0.05) is 38.7 Å². The number of aromatic nitrogens is 1. The van der Waals surface area contributed by atoms with Crippen LogP contribution >= 0.6 is 0 Å². The van der Waals surface area contributed by atoms with Crippen molar-refractivity contribution in [3.8, 4) is 0 Å². The molecule has 158 valence electrons. The van der Waals surface area contributed by atoms with Crippen molar-refractivity contribution < 1.29 is 9.26 Å². The number of hydrogen-bond acceptors (Lipinski definition) is 4. The third kappa shape index (κ3) is 5.60. The summed E-state index contributed by atoms with van der Waals surface area (Å²) in [6.07, 6.45) is 6.39. The average molecular weight is 399 g/mol. The summed E-state index contributed by atoms with van der Waals surface area (Å²) in [6, 6.07) is 8.67. The predicted octanol–water partition coefficient (Wildman–Crippen LogP) is 3.95. The van der Waals surface area contributed by atoms with Gasteiger partial charge in [0.1, 0.15) is 5.76 Å². The van der Waals surface area contributed by atoms with Gasteiger partial charge in [0.25, 0.3) is 0 Å². The Balaban J connectivity index is 1.39. The number of hydrogen-bond donors (Lipinski definition) is 2. The highest BCUT2D eigenvalue weighted by Crippen LogP contribution is 2.32. The van der Waals surface area contributed by atoms with Crippen LogP contribution in [0.5, 0.6) is 0 Å². The molecule has 0 amide bonds. The first-order chi connectivity index (χ1) is 14.3. The Hall–Kier alpha value is -2.34. The number of nitrogens with zero attached hydrogens (tertiary/aromatic N) is 2. The highest BCUT2D eigenvalue weighted by atomic mass is 16.5. The van der Waals surface area contributed by atoms with Crippen LogP contribution in [0.3, 0.4) is 0 Å². The van der Waals surface area contributed by atoms with Crippen molar-refractivity contribution in [2.45, 2.75) is 65.0 Å². The Morgan fingerprint density at radius 2 is 2.10 bits per heavy atom. The maximum absolute atomic E-state index is 6.18. The first-order valence-electron chi connectivity index (χ1n) is 10.9. The molecule has 0 spiro atoms. The number of nitrogens with one attached hydrogen (secondary N) is 2. The molecular formula is C23H34N4O2. The van der Waals surface area contributed by atoms with E-state index in [1.165, 1.54) is 24.0 Å². The second kappa shape index (κ2) is 11.0. The molecule has 3 rings (SSSR count). The van der Waals surface area contributed by atoms with E-state index in [0.29, 0.717) is 6.54 Å². The van der Waals surface area contributed by atoms with E-state index in [4.69, 9.17) is 9.26 Å². The largest absolute Gasteiger partial charge is 0.373 e. The summed E-state index contributed by atoms with van der Waals surface area (Å²) in [5.41, 5.74) is 4.98. The normalized spacial score (nSPS) is 16.5. The van der Waals surface area contributed by atoms with Crippen LogP contribution in [0.2, 0.25) is 0 Å². The summed E-state index contributed by atoms with van der Waals surface area (Å²) in [6.45, 7) is 6.41. The lowest BCUT2D eigenvalue weighted by Crippen LogP contribution is -2.37. The van der Waals surface area contributed by atoms with Gasteiger partial charge in [0.05, 0.1) is 11.8 Å². The summed E-state index contributed by atoms with van der Waals surface area (Å²) in [5, 5.41) is 10.9. The molecule has 1 aromatic carbocycles. The van der Waals surface area contributed by atoms with Gasteiger partial charge in [-0.05, 0) is 43.2 Å². The van der Waals surface area contributed by atoms with Crippen LogP contribution < -0.4 is 10.6 Å². The van der Waals surface area contributed by atoms with Crippen molar-refractivity contribution in [3.63, 3.8) is 0 Å². The van der Waals surface area contributed by atoms with Crippen molar-refractivity contribution in [2.75, 3.05) is 20.2 Å². The number of aliphatic imine (C=N–C) groups is 1. The molecule has 1 aliphatic rings. The van der Waals surface area contributed by atoms with E-state index in [-0.39, 0.29) is 6.10 Å². The van der Waals surface area contributed by atoms with Crippen molar-refractivity contribution >= 4 is 5.96 Å². The Kier molecular flexibility index (Phi) is 8.11. The lowest BCUT2D eigenvalue weighted by Gasteiger charge is -2.25. The maximum Gasteiger partial charge on any atom is 0.191 e. The van der Waals surface area contributed by atoms with Crippen LogP contribution in [-0.4, -0.2) is 31.3 Å². The van der Waals surface area contributed by atoms with E-state index in [0.717, 1.165) is 61.8 Å². The highest BCUT2D eigenvalue weighted by molar-refractivity contribution is 5.79. The van der Waals surface area contributed by atoms with Crippen LogP contribution in [0.15, 0.2) is 33.8 Å². The van der Waals surface area contributed by atoms with Crippen molar-refractivity contribution in [3.05, 3.63) is 52.4 Å². The summed E-state index contributed by atoms with van der Waals surface area (Å²) in [5.74, 6) is 1.74. The lowest BCUT2D eigenvalue weighted by molar-refractivity contribution is 0.0398. The molecule has 0 aliphatic heterocycles. The molecule has 6 heteroatoms. The third-order valence-corrected chi connectivity index (χ3v) is 5.51. The van der Waals surface area contributed by atoms with E-state index in [2.05, 4.69) is 58.9 Å². The van der Waals surface area contributed by atoms with Gasteiger partial charge < -0.3 is 19.9 Å². The second-order valence-corrected chi connectivity index (χ2v) is 7.39. The fourth-order valence-electron chi connectivity index (χ4n) is 3.92. The molecule has 0 fully saturated rings. The predicted molar refractivity (Wildman–Crippen MR) is 116 cm³/mol. The molecule has 1 aromatic heterocycles. The summed E-state index contributed by atoms with van der Waals surface area (Å²) in [7, 11) is 1.79. The minimum absolute atomic E-state index is 0.242. The molecule has 1 heterocycles. The zero-order chi connectivity index (χ0) is 20.5. The van der Waals surface area contributed by atoms with Crippen LogP contribution in [0.25, 0.3) is 0 Å². The molecule has 1 unspecified atom stereocenters. The van der Waals surface area contributed by atoms with Gasteiger partial charge in [-0.2, -0.15) is 0 Å². The number of guanidine groups is 1. The summed E-state index contributed by atoms with van der Waals surface area (Å²) >= 11 is 0. The van der Waals surface area contributed by atoms with E-state index in [1.807, 2.05) is 0 Å². The molecule has 29 heavy (non-hydrogen) atoms. The van der Waals surface area contributed by atoms with E-state index >= 15 is 0 Å². The number of rotatable bonds is 9. The zero-order valence-electron chi connectivity index (χ0n) is 18.0. The molecule has 2 aromatic rings. The van der Waals surface area contributed by atoms with Crippen LogP contribution in [-0.2, 0) is 30.5 Å². The molecule has 2 N–H and O–H groups in total.